The Morgan fingerprint density at radius 3 is 2.79 bits per heavy atom. The van der Waals surface area contributed by atoms with E-state index < -0.39 is 5.41 Å². The van der Waals surface area contributed by atoms with E-state index in [2.05, 4.69) is 5.16 Å². The third-order valence-electron chi connectivity index (χ3n) is 3.63. The molecular formula is C14H17NO4. The molecule has 1 atom stereocenters. The van der Waals surface area contributed by atoms with Gasteiger partial charge in [0.2, 0.25) is 0 Å². The molecule has 0 bridgehead atoms. The van der Waals surface area contributed by atoms with Crippen LogP contribution in [0.5, 0.6) is 5.75 Å². The molecule has 0 amide bonds. The molecule has 1 aromatic carbocycles. The van der Waals surface area contributed by atoms with Crippen LogP contribution < -0.4 is 4.74 Å². The van der Waals surface area contributed by atoms with Gasteiger partial charge in [-0.15, -0.1) is 0 Å². The van der Waals surface area contributed by atoms with Crippen molar-refractivity contribution in [1.82, 2.24) is 0 Å². The topological polar surface area (TPSA) is 68.1 Å². The summed E-state index contributed by atoms with van der Waals surface area (Å²) in [5, 5.41) is 12.4. The summed E-state index contributed by atoms with van der Waals surface area (Å²) >= 11 is 0. The third kappa shape index (κ3) is 2.28. The summed E-state index contributed by atoms with van der Waals surface area (Å²) in [4.78, 5) is 11.6. The van der Waals surface area contributed by atoms with Gasteiger partial charge in [-0.2, -0.15) is 0 Å². The van der Waals surface area contributed by atoms with Crippen LogP contribution in [0.4, 0.5) is 0 Å². The van der Waals surface area contributed by atoms with E-state index >= 15 is 0 Å². The molecule has 0 spiro atoms. The zero-order valence-electron chi connectivity index (χ0n) is 11.3. The molecule has 1 aliphatic rings. The molecule has 2 rings (SSSR count). The lowest BCUT2D eigenvalue weighted by atomic mass is 9.81. The Morgan fingerprint density at radius 1 is 1.47 bits per heavy atom. The number of carbonyl (C=O) groups is 1. The van der Waals surface area contributed by atoms with Crippen LogP contribution in [-0.2, 0) is 14.9 Å². The van der Waals surface area contributed by atoms with Crippen molar-refractivity contribution in [2.24, 2.45) is 5.16 Å². The maximum atomic E-state index is 11.6. The number of ether oxygens (including phenoxy) is 2. The normalized spacial score (nSPS) is 23.2. The largest absolute Gasteiger partial charge is 0.497 e. The molecule has 5 nitrogen and oxygen atoms in total. The van der Waals surface area contributed by atoms with Crippen LogP contribution >= 0.6 is 0 Å². The van der Waals surface area contributed by atoms with Crippen LogP contribution in [-0.4, -0.2) is 31.1 Å². The Bertz CT molecular complexity index is 538. The highest BCUT2D eigenvalue weighted by molar-refractivity contribution is 6.06. The monoisotopic (exact) mass is 263 g/mol. The summed E-state index contributed by atoms with van der Waals surface area (Å²) < 4.78 is 9.96. The average Bonchev–Trinajstić information content (AvgIpc) is 2.71. The predicted octanol–water partition coefficient (Wildman–Crippen LogP) is 2.10. The van der Waals surface area contributed by atoms with Crippen molar-refractivity contribution >= 4 is 11.7 Å². The second kappa shape index (κ2) is 4.91. The molecule has 1 N–H and O–H groups in total. The lowest BCUT2D eigenvalue weighted by molar-refractivity contribution is -0.141. The van der Waals surface area contributed by atoms with E-state index in [4.69, 9.17) is 14.7 Å². The number of hydrogen-bond donors (Lipinski definition) is 1. The average molecular weight is 263 g/mol. The van der Waals surface area contributed by atoms with Gasteiger partial charge in [0.1, 0.15) is 5.75 Å². The Morgan fingerprint density at radius 2 is 2.21 bits per heavy atom. The van der Waals surface area contributed by atoms with Gasteiger partial charge in [-0.3, -0.25) is 4.79 Å². The van der Waals surface area contributed by atoms with Gasteiger partial charge >= 0.3 is 5.97 Å². The smallest absolute Gasteiger partial charge is 0.306 e. The molecule has 0 radical (unpaired) electrons. The zero-order chi connectivity index (χ0) is 14.0. The van der Waals surface area contributed by atoms with E-state index in [0.29, 0.717) is 17.9 Å². The van der Waals surface area contributed by atoms with Crippen LogP contribution in [0, 0.1) is 0 Å². The molecule has 0 aromatic heterocycles. The Hall–Kier alpha value is -2.04. The van der Waals surface area contributed by atoms with E-state index in [1.165, 1.54) is 7.11 Å². The van der Waals surface area contributed by atoms with Gasteiger partial charge in [-0.05, 0) is 23.8 Å². The summed E-state index contributed by atoms with van der Waals surface area (Å²) in [5.74, 6) is 0.435. The van der Waals surface area contributed by atoms with E-state index in [9.17, 15) is 4.79 Å². The van der Waals surface area contributed by atoms with Crippen LogP contribution in [0.25, 0.3) is 0 Å². The van der Waals surface area contributed by atoms with E-state index in [1.54, 1.807) is 7.11 Å². The van der Waals surface area contributed by atoms with Gasteiger partial charge in [0.25, 0.3) is 0 Å². The number of oxime groups is 1. The summed E-state index contributed by atoms with van der Waals surface area (Å²) in [6, 6.07) is 5.55. The highest BCUT2D eigenvalue weighted by atomic mass is 16.5. The fourth-order valence-electron chi connectivity index (χ4n) is 2.60. The third-order valence-corrected chi connectivity index (χ3v) is 3.63. The number of benzene rings is 1. The van der Waals surface area contributed by atoms with Crippen molar-refractivity contribution in [2.45, 2.75) is 25.2 Å². The molecule has 102 valence electrons. The van der Waals surface area contributed by atoms with E-state index in [0.717, 1.165) is 11.1 Å². The lowest BCUT2D eigenvalue weighted by Crippen LogP contribution is -2.24. The fraction of sp³-hybridized carbons (Fsp3) is 0.429. The fourth-order valence-corrected chi connectivity index (χ4v) is 2.60. The van der Waals surface area contributed by atoms with Crippen molar-refractivity contribution in [3.8, 4) is 5.75 Å². The number of methoxy groups -OCH3 is 2. The first kappa shape index (κ1) is 13.4. The predicted molar refractivity (Wildman–Crippen MR) is 69.9 cm³/mol. The van der Waals surface area contributed by atoms with Gasteiger partial charge in [-0.25, -0.2) is 0 Å². The first-order valence-electron chi connectivity index (χ1n) is 6.00. The molecule has 0 fully saturated rings. The summed E-state index contributed by atoms with van der Waals surface area (Å²) in [6.07, 6.45) is 0.740. The van der Waals surface area contributed by atoms with Gasteiger partial charge in [-0.1, -0.05) is 12.1 Å². The first-order chi connectivity index (χ1) is 9.04. The minimum absolute atomic E-state index is 0.239. The first-order valence-corrected chi connectivity index (χ1v) is 6.00. The maximum Gasteiger partial charge on any atom is 0.306 e. The quantitative estimate of drug-likeness (QED) is 0.515. The summed E-state index contributed by atoms with van der Waals surface area (Å²) in [7, 11) is 2.96. The van der Waals surface area contributed by atoms with Crippen molar-refractivity contribution in [2.75, 3.05) is 14.2 Å². The van der Waals surface area contributed by atoms with Crippen molar-refractivity contribution in [1.29, 1.82) is 0 Å². The minimum Gasteiger partial charge on any atom is -0.497 e. The molecule has 1 aliphatic carbocycles. The number of nitrogens with zero attached hydrogens (tertiary/aromatic N) is 1. The van der Waals surface area contributed by atoms with Crippen molar-refractivity contribution < 1.29 is 19.5 Å². The van der Waals surface area contributed by atoms with Crippen LogP contribution in [0.1, 0.15) is 30.9 Å². The number of hydrogen-bond acceptors (Lipinski definition) is 5. The number of rotatable bonds is 3. The molecule has 1 unspecified atom stereocenters. The minimum atomic E-state index is -0.432. The SMILES string of the molecule is COC(=O)CC1(C)CC(=NO)c2ccc(OC)cc21. The van der Waals surface area contributed by atoms with Crippen LogP contribution in [0.15, 0.2) is 23.4 Å². The van der Waals surface area contributed by atoms with Crippen LogP contribution in [0.2, 0.25) is 0 Å². The maximum absolute atomic E-state index is 11.6. The molecule has 1 aromatic rings. The summed E-state index contributed by atoms with van der Waals surface area (Å²) in [5.41, 5.74) is 1.96. The van der Waals surface area contributed by atoms with E-state index in [1.807, 2.05) is 25.1 Å². The number of fused-ring (bicyclic) bond motifs is 1. The second-order valence-electron chi connectivity index (χ2n) is 4.95. The molecule has 0 aliphatic heterocycles. The highest BCUT2D eigenvalue weighted by Gasteiger charge is 2.40. The van der Waals surface area contributed by atoms with Gasteiger partial charge in [0.15, 0.2) is 0 Å². The van der Waals surface area contributed by atoms with Gasteiger partial charge in [0, 0.05) is 17.4 Å². The Kier molecular flexibility index (Phi) is 3.46. The Labute approximate surface area is 111 Å². The molecule has 5 heteroatoms. The van der Waals surface area contributed by atoms with Crippen molar-refractivity contribution in [3.05, 3.63) is 29.3 Å². The molecule has 0 heterocycles. The summed E-state index contributed by atoms with van der Waals surface area (Å²) in [6.45, 7) is 1.96. The molecule has 0 saturated carbocycles. The molecule has 0 saturated heterocycles. The Balaban J connectivity index is 2.48. The van der Waals surface area contributed by atoms with Crippen molar-refractivity contribution in [3.63, 3.8) is 0 Å². The van der Waals surface area contributed by atoms with Gasteiger partial charge in [0.05, 0.1) is 26.4 Å². The number of carbonyl (C=O) groups excluding carboxylic acids is 1. The standard InChI is InChI=1S/C14H17NO4/c1-14(8-13(16)19-3)7-12(15-17)10-5-4-9(18-2)6-11(10)14/h4-6,17H,7-8H2,1-3H3. The van der Waals surface area contributed by atoms with Gasteiger partial charge < -0.3 is 14.7 Å². The molecular weight excluding hydrogens is 246 g/mol. The lowest BCUT2D eigenvalue weighted by Gasteiger charge is -2.23. The van der Waals surface area contributed by atoms with Crippen LogP contribution in [0.3, 0.4) is 0 Å². The zero-order valence-corrected chi connectivity index (χ0v) is 11.3. The number of esters is 1. The molecule has 19 heavy (non-hydrogen) atoms. The van der Waals surface area contributed by atoms with E-state index in [-0.39, 0.29) is 12.4 Å². The highest BCUT2D eigenvalue weighted by Crippen LogP contribution is 2.43. The second-order valence-corrected chi connectivity index (χ2v) is 4.95.